The standard InChI is InChI=1S/C17H18ClN3O2S/c1-11-3-4-12(2)15(9-11)19-17(24)21-20-16(22)10-23-14-7-5-13(18)6-8-14/h3-9H,10H2,1-2H3,(H,20,22)(H2,19,21,24). The van der Waals surface area contributed by atoms with Gasteiger partial charge in [-0.15, -0.1) is 0 Å². The number of nitrogens with one attached hydrogen (secondary N) is 3. The largest absolute Gasteiger partial charge is 0.484 e. The number of benzene rings is 2. The number of hydrogen-bond acceptors (Lipinski definition) is 3. The van der Waals surface area contributed by atoms with Crippen molar-refractivity contribution in [2.24, 2.45) is 0 Å². The number of anilines is 1. The first-order chi connectivity index (χ1) is 11.4. The first-order valence-corrected chi connectivity index (χ1v) is 8.04. The van der Waals surface area contributed by atoms with Crippen LogP contribution in [0.5, 0.6) is 5.75 Å². The molecule has 2 rings (SSSR count). The molecule has 0 aliphatic carbocycles. The molecule has 0 atom stereocenters. The van der Waals surface area contributed by atoms with Crippen LogP contribution in [0.15, 0.2) is 42.5 Å². The van der Waals surface area contributed by atoms with Gasteiger partial charge in [-0.25, -0.2) is 0 Å². The molecule has 7 heteroatoms. The summed E-state index contributed by atoms with van der Waals surface area (Å²) < 4.78 is 5.33. The molecule has 0 bridgehead atoms. The van der Waals surface area contributed by atoms with Crippen LogP contribution in [-0.2, 0) is 4.79 Å². The number of hydrazine groups is 1. The zero-order valence-electron chi connectivity index (χ0n) is 13.4. The van der Waals surface area contributed by atoms with Crippen molar-refractivity contribution in [2.75, 3.05) is 11.9 Å². The topological polar surface area (TPSA) is 62.4 Å². The van der Waals surface area contributed by atoms with E-state index in [2.05, 4.69) is 16.2 Å². The van der Waals surface area contributed by atoms with Crippen molar-refractivity contribution in [3.8, 4) is 5.75 Å². The van der Waals surface area contributed by atoms with Gasteiger partial charge in [0.15, 0.2) is 11.7 Å². The highest BCUT2D eigenvalue weighted by molar-refractivity contribution is 7.80. The highest BCUT2D eigenvalue weighted by Gasteiger charge is 2.05. The Bertz CT molecular complexity index is 735. The summed E-state index contributed by atoms with van der Waals surface area (Å²) in [6.07, 6.45) is 0. The van der Waals surface area contributed by atoms with Gasteiger partial charge in [-0.2, -0.15) is 0 Å². The molecule has 3 N–H and O–H groups in total. The van der Waals surface area contributed by atoms with Crippen LogP contribution in [0.25, 0.3) is 0 Å². The lowest BCUT2D eigenvalue weighted by Gasteiger charge is -2.14. The third-order valence-corrected chi connectivity index (χ3v) is 3.60. The average Bonchev–Trinajstić information content (AvgIpc) is 2.56. The Hall–Kier alpha value is -2.31. The molecule has 0 aliphatic heterocycles. The normalized spacial score (nSPS) is 9.96. The van der Waals surface area contributed by atoms with E-state index in [1.165, 1.54) is 0 Å². The quantitative estimate of drug-likeness (QED) is 0.574. The smallest absolute Gasteiger partial charge is 0.276 e. The van der Waals surface area contributed by atoms with Crippen molar-refractivity contribution >= 4 is 40.5 Å². The van der Waals surface area contributed by atoms with Gasteiger partial charge in [0.05, 0.1) is 0 Å². The molecule has 5 nitrogen and oxygen atoms in total. The van der Waals surface area contributed by atoms with E-state index < -0.39 is 0 Å². The monoisotopic (exact) mass is 363 g/mol. The summed E-state index contributed by atoms with van der Waals surface area (Å²) in [5.41, 5.74) is 8.18. The van der Waals surface area contributed by atoms with E-state index in [0.717, 1.165) is 16.8 Å². The number of amides is 1. The van der Waals surface area contributed by atoms with E-state index in [1.54, 1.807) is 24.3 Å². The third-order valence-electron chi connectivity index (χ3n) is 3.14. The summed E-state index contributed by atoms with van der Waals surface area (Å²) in [7, 11) is 0. The zero-order chi connectivity index (χ0) is 17.5. The summed E-state index contributed by atoms with van der Waals surface area (Å²) >= 11 is 10.9. The van der Waals surface area contributed by atoms with Gasteiger partial charge in [0, 0.05) is 10.7 Å². The highest BCUT2D eigenvalue weighted by atomic mass is 35.5. The van der Waals surface area contributed by atoms with Gasteiger partial charge in [-0.1, -0.05) is 23.7 Å². The Morgan fingerprint density at radius 1 is 1.12 bits per heavy atom. The Kier molecular flexibility index (Phi) is 6.40. The molecule has 0 saturated heterocycles. The molecular weight excluding hydrogens is 346 g/mol. The van der Waals surface area contributed by atoms with E-state index >= 15 is 0 Å². The van der Waals surface area contributed by atoms with Gasteiger partial charge >= 0.3 is 0 Å². The highest BCUT2D eigenvalue weighted by Crippen LogP contribution is 2.16. The first-order valence-electron chi connectivity index (χ1n) is 7.25. The molecule has 2 aromatic rings. The van der Waals surface area contributed by atoms with Crippen LogP contribution in [0.3, 0.4) is 0 Å². The molecule has 0 aliphatic rings. The van der Waals surface area contributed by atoms with E-state index in [4.69, 9.17) is 28.6 Å². The van der Waals surface area contributed by atoms with Crippen molar-refractivity contribution in [3.63, 3.8) is 0 Å². The molecule has 0 unspecified atom stereocenters. The van der Waals surface area contributed by atoms with Crippen LogP contribution in [0.1, 0.15) is 11.1 Å². The van der Waals surface area contributed by atoms with Crippen LogP contribution < -0.4 is 20.9 Å². The summed E-state index contributed by atoms with van der Waals surface area (Å²) in [5, 5.41) is 3.94. The van der Waals surface area contributed by atoms with Gasteiger partial charge in [0.25, 0.3) is 5.91 Å². The fourth-order valence-corrected chi connectivity index (χ4v) is 2.15. The van der Waals surface area contributed by atoms with Crippen molar-refractivity contribution in [1.82, 2.24) is 10.9 Å². The van der Waals surface area contributed by atoms with Crippen LogP contribution in [-0.4, -0.2) is 17.6 Å². The van der Waals surface area contributed by atoms with Gasteiger partial charge in [0.2, 0.25) is 0 Å². The predicted octanol–water partition coefficient (Wildman–Crippen LogP) is 3.35. The molecule has 0 radical (unpaired) electrons. The molecule has 1 amide bonds. The summed E-state index contributed by atoms with van der Waals surface area (Å²) in [6, 6.07) is 12.8. The van der Waals surface area contributed by atoms with Crippen LogP contribution in [0.4, 0.5) is 5.69 Å². The molecule has 0 heterocycles. The maximum Gasteiger partial charge on any atom is 0.276 e. The van der Waals surface area contributed by atoms with Crippen molar-refractivity contribution in [1.29, 1.82) is 0 Å². The number of hydrogen-bond donors (Lipinski definition) is 3. The SMILES string of the molecule is Cc1ccc(C)c(NC(=S)NNC(=O)COc2ccc(Cl)cc2)c1. The van der Waals surface area contributed by atoms with E-state index in [0.29, 0.717) is 15.9 Å². The molecule has 0 spiro atoms. The number of ether oxygens (including phenoxy) is 1. The fourth-order valence-electron chi connectivity index (χ4n) is 1.87. The lowest BCUT2D eigenvalue weighted by Crippen LogP contribution is -2.45. The number of rotatable bonds is 4. The number of carbonyl (C=O) groups excluding carboxylic acids is 1. The van der Waals surface area contributed by atoms with Crippen LogP contribution in [0.2, 0.25) is 5.02 Å². The Balaban J connectivity index is 1.75. The third kappa shape index (κ3) is 5.72. The van der Waals surface area contributed by atoms with E-state index in [9.17, 15) is 4.79 Å². The minimum atomic E-state index is -0.352. The fraction of sp³-hybridized carbons (Fsp3) is 0.176. The Morgan fingerprint density at radius 2 is 1.83 bits per heavy atom. The van der Waals surface area contributed by atoms with Crippen LogP contribution in [0, 0.1) is 13.8 Å². The van der Waals surface area contributed by atoms with Gasteiger partial charge < -0.3 is 10.1 Å². The van der Waals surface area contributed by atoms with E-state index in [-0.39, 0.29) is 12.5 Å². The van der Waals surface area contributed by atoms with Crippen molar-refractivity contribution < 1.29 is 9.53 Å². The van der Waals surface area contributed by atoms with Crippen LogP contribution >= 0.6 is 23.8 Å². The Labute approximate surface area is 151 Å². The van der Waals surface area contributed by atoms with Gasteiger partial charge in [-0.05, 0) is 67.5 Å². The average molecular weight is 364 g/mol. The zero-order valence-corrected chi connectivity index (χ0v) is 14.9. The molecule has 0 fully saturated rings. The second-order valence-electron chi connectivity index (χ2n) is 5.19. The number of aryl methyl sites for hydroxylation is 2. The summed E-state index contributed by atoms with van der Waals surface area (Å²) in [6.45, 7) is 3.83. The number of thiocarbonyl (C=S) groups is 1. The van der Waals surface area contributed by atoms with Crippen molar-refractivity contribution in [3.05, 3.63) is 58.6 Å². The molecule has 0 aromatic heterocycles. The molecule has 126 valence electrons. The summed E-state index contributed by atoms with van der Waals surface area (Å²) in [4.78, 5) is 11.7. The maximum atomic E-state index is 11.7. The first kappa shape index (κ1) is 18.0. The maximum absolute atomic E-state index is 11.7. The van der Waals surface area contributed by atoms with Crippen molar-refractivity contribution in [2.45, 2.75) is 13.8 Å². The Morgan fingerprint density at radius 3 is 2.54 bits per heavy atom. The lowest BCUT2D eigenvalue weighted by atomic mass is 10.1. The number of halogens is 1. The molecule has 0 saturated carbocycles. The second-order valence-corrected chi connectivity index (χ2v) is 6.03. The molecular formula is C17H18ClN3O2S. The summed E-state index contributed by atoms with van der Waals surface area (Å²) in [5.74, 6) is 0.209. The van der Waals surface area contributed by atoms with Gasteiger partial charge in [0.1, 0.15) is 5.75 Å². The lowest BCUT2D eigenvalue weighted by molar-refractivity contribution is -0.123. The predicted molar refractivity (Wildman–Crippen MR) is 100 cm³/mol. The van der Waals surface area contributed by atoms with E-state index in [1.807, 2.05) is 32.0 Å². The minimum absolute atomic E-state index is 0.138. The number of carbonyl (C=O) groups is 1. The molecule has 24 heavy (non-hydrogen) atoms. The molecule has 2 aromatic carbocycles. The minimum Gasteiger partial charge on any atom is -0.484 e. The second kappa shape index (κ2) is 8.52. The van der Waals surface area contributed by atoms with Gasteiger partial charge in [-0.3, -0.25) is 15.6 Å².